The largest absolute Gasteiger partial charge is 0.292 e. The first-order valence-electron chi connectivity index (χ1n) is 3.83. The molecule has 0 bridgehead atoms. The monoisotopic (exact) mass is 227 g/mol. The molecule has 0 N–H and O–H groups in total. The summed E-state index contributed by atoms with van der Waals surface area (Å²) < 4.78 is 0. The minimum Gasteiger partial charge on any atom is -0.292 e. The van der Waals surface area contributed by atoms with Gasteiger partial charge in [-0.1, -0.05) is 28.9 Å². The van der Waals surface area contributed by atoms with Crippen LogP contribution in [0.2, 0.25) is 0 Å². The molecule has 1 aromatic heterocycles. The van der Waals surface area contributed by atoms with Gasteiger partial charge in [-0.25, -0.2) is 4.98 Å². The van der Waals surface area contributed by atoms with Crippen LogP contribution in [0, 0.1) is 0 Å². The van der Waals surface area contributed by atoms with Crippen LogP contribution in [0.25, 0.3) is 0 Å². The Morgan fingerprint density at radius 2 is 2.33 bits per heavy atom. The van der Waals surface area contributed by atoms with Crippen molar-refractivity contribution in [3.8, 4) is 0 Å². The van der Waals surface area contributed by atoms with E-state index in [4.69, 9.17) is 0 Å². The zero-order chi connectivity index (χ0) is 8.97. The molecule has 3 heteroatoms. The van der Waals surface area contributed by atoms with Gasteiger partial charge in [0.25, 0.3) is 0 Å². The standard InChI is InChI=1S/C9H10BrNO/c1-2-9(12)8-5-3-4-7(6-10)11-8/h3-5H,2,6H2,1H3. The fraction of sp³-hybridized carbons (Fsp3) is 0.333. The second-order valence-corrected chi connectivity index (χ2v) is 2.99. The first-order chi connectivity index (χ1) is 5.77. The van der Waals surface area contributed by atoms with Crippen molar-refractivity contribution in [3.05, 3.63) is 29.6 Å². The summed E-state index contributed by atoms with van der Waals surface area (Å²) in [4.78, 5) is 15.4. The predicted molar refractivity (Wildman–Crippen MR) is 51.5 cm³/mol. The minimum absolute atomic E-state index is 0.0952. The van der Waals surface area contributed by atoms with Crippen LogP contribution < -0.4 is 0 Å². The Kier molecular flexibility index (Phi) is 3.41. The van der Waals surface area contributed by atoms with E-state index in [9.17, 15) is 4.79 Å². The molecule has 0 aliphatic rings. The summed E-state index contributed by atoms with van der Waals surface area (Å²) in [6.45, 7) is 1.84. The van der Waals surface area contributed by atoms with Gasteiger partial charge >= 0.3 is 0 Å². The van der Waals surface area contributed by atoms with E-state index in [1.807, 2.05) is 19.1 Å². The van der Waals surface area contributed by atoms with Crippen LogP contribution in [0.5, 0.6) is 0 Å². The third-order valence-corrected chi connectivity index (χ3v) is 2.12. The zero-order valence-electron chi connectivity index (χ0n) is 6.88. The van der Waals surface area contributed by atoms with Crippen molar-refractivity contribution in [3.63, 3.8) is 0 Å². The number of nitrogens with zero attached hydrogens (tertiary/aromatic N) is 1. The minimum atomic E-state index is 0.0952. The number of pyridine rings is 1. The number of hydrogen-bond donors (Lipinski definition) is 0. The molecule has 0 radical (unpaired) electrons. The van der Waals surface area contributed by atoms with E-state index >= 15 is 0 Å². The van der Waals surface area contributed by atoms with Gasteiger partial charge in [0.2, 0.25) is 0 Å². The Hall–Kier alpha value is -0.700. The second kappa shape index (κ2) is 4.36. The molecular formula is C9H10BrNO. The molecule has 1 aromatic rings. The molecule has 0 atom stereocenters. The normalized spacial score (nSPS) is 9.83. The average Bonchev–Trinajstić information content (AvgIpc) is 2.17. The van der Waals surface area contributed by atoms with Crippen molar-refractivity contribution >= 4 is 21.7 Å². The van der Waals surface area contributed by atoms with Crippen molar-refractivity contribution in [1.29, 1.82) is 0 Å². The molecule has 0 unspecified atom stereocenters. The number of hydrogen-bond acceptors (Lipinski definition) is 2. The first kappa shape index (κ1) is 9.39. The van der Waals surface area contributed by atoms with Crippen LogP contribution in [0.1, 0.15) is 29.5 Å². The highest BCUT2D eigenvalue weighted by Crippen LogP contribution is 2.05. The highest BCUT2D eigenvalue weighted by atomic mass is 79.9. The number of carbonyl (C=O) groups excluding carboxylic acids is 1. The molecule has 64 valence electrons. The zero-order valence-corrected chi connectivity index (χ0v) is 8.47. The molecule has 0 spiro atoms. The lowest BCUT2D eigenvalue weighted by Crippen LogP contribution is -2.01. The van der Waals surface area contributed by atoms with Gasteiger partial charge in [-0.3, -0.25) is 4.79 Å². The molecule has 12 heavy (non-hydrogen) atoms. The molecular weight excluding hydrogens is 218 g/mol. The number of carbonyl (C=O) groups is 1. The highest BCUT2D eigenvalue weighted by Gasteiger charge is 2.03. The fourth-order valence-corrected chi connectivity index (χ4v) is 1.20. The summed E-state index contributed by atoms with van der Waals surface area (Å²) in [5.41, 5.74) is 1.46. The summed E-state index contributed by atoms with van der Waals surface area (Å²) >= 11 is 3.29. The number of alkyl halides is 1. The Balaban J connectivity index is 2.93. The van der Waals surface area contributed by atoms with Crippen LogP contribution in [0.3, 0.4) is 0 Å². The third kappa shape index (κ3) is 2.14. The van der Waals surface area contributed by atoms with Gasteiger partial charge in [-0.15, -0.1) is 0 Å². The van der Waals surface area contributed by atoms with Crippen molar-refractivity contribution in [2.75, 3.05) is 0 Å². The lowest BCUT2D eigenvalue weighted by atomic mass is 10.2. The third-order valence-electron chi connectivity index (χ3n) is 1.55. The molecule has 1 rings (SSSR count). The van der Waals surface area contributed by atoms with E-state index in [0.717, 1.165) is 5.69 Å². The van der Waals surface area contributed by atoms with E-state index < -0.39 is 0 Å². The van der Waals surface area contributed by atoms with E-state index in [2.05, 4.69) is 20.9 Å². The molecule has 1 heterocycles. The molecule has 0 saturated carbocycles. The molecule has 0 amide bonds. The second-order valence-electron chi connectivity index (χ2n) is 2.42. The average molecular weight is 228 g/mol. The van der Waals surface area contributed by atoms with Crippen LogP contribution in [0.15, 0.2) is 18.2 Å². The lowest BCUT2D eigenvalue weighted by molar-refractivity contribution is 0.0983. The summed E-state index contributed by atoms with van der Waals surface area (Å²) in [5, 5.41) is 0.692. The SMILES string of the molecule is CCC(=O)c1cccc(CBr)n1. The van der Waals surface area contributed by atoms with Crippen molar-refractivity contribution in [1.82, 2.24) is 4.98 Å². The molecule has 0 aromatic carbocycles. The van der Waals surface area contributed by atoms with E-state index in [1.165, 1.54) is 0 Å². The maximum Gasteiger partial charge on any atom is 0.180 e. The number of ketones is 1. The smallest absolute Gasteiger partial charge is 0.180 e. The molecule has 0 fully saturated rings. The van der Waals surface area contributed by atoms with Crippen LogP contribution in [0.4, 0.5) is 0 Å². The Morgan fingerprint density at radius 3 is 2.92 bits per heavy atom. The maximum absolute atomic E-state index is 11.2. The Bertz CT molecular complexity index is 286. The number of rotatable bonds is 3. The predicted octanol–water partition coefficient (Wildman–Crippen LogP) is 2.57. The maximum atomic E-state index is 11.2. The molecule has 0 aliphatic carbocycles. The first-order valence-corrected chi connectivity index (χ1v) is 4.95. The molecule has 0 aliphatic heterocycles. The van der Waals surface area contributed by atoms with Crippen molar-refractivity contribution in [2.24, 2.45) is 0 Å². The van der Waals surface area contributed by atoms with Gasteiger partial charge in [-0.05, 0) is 12.1 Å². The highest BCUT2D eigenvalue weighted by molar-refractivity contribution is 9.08. The van der Waals surface area contributed by atoms with Crippen molar-refractivity contribution < 1.29 is 4.79 Å². The fourth-order valence-electron chi connectivity index (χ4n) is 0.890. The van der Waals surface area contributed by atoms with Crippen LogP contribution in [-0.2, 0) is 5.33 Å². The number of halogens is 1. The lowest BCUT2D eigenvalue weighted by Gasteiger charge is -1.98. The van der Waals surface area contributed by atoms with Crippen LogP contribution in [-0.4, -0.2) is 10.8 Å². The van der Waals surface area contributed by atoms with E-state index in [0.29, 0.717) is 17.4 Å². The van der Waals surface area contributed by atoms with Gasteiger partial charge in [0.1, 0.15) is 5.69 Å². The Morgan fingerprint density at radius 1 is 1.58 bits per heavy atom. The van der Waals surface area contributed by atoms with Gasteiger partial charge < -0.3 is 0 Å². The summed E-state index contributed by atoms with van der Waals surface area (Å²) in [7, 11) is 0. The quantitative estimate of drug-likeness (QED) is 0.587. The number of Topliss-reactive ketones (excluding diaryl/α,β-unsaturated/α-hetero) is 1. The van der Waals surface area contributed by atoms with Gasteiger partial charge in [0, 0.05) is 11.8 Å². The van der Waals surface area contributed by atoms with Crippen LogP contribution >= 0.6 is 15.9 Å². The molecule has 2 nitrogen and oxygen atoms in total. The Labute approximate surface area is 80.1 Å². The van der Waals surface area contributed by atoms with Gasteiger partial charge in [0.15, 0.2) is 5.78 Å². The van der Waals surface area contributed by atoms with E-state index in [1.54, 1.807) is 6.07 Å². The summed E-state index contributed by atoms with van der Waals surface area (Å²) in [6.07, 6.45) is 0.513. The van der Waals surface area contributed by atoms with Gasteiger partial charge in [0.05, 0.1) is 5.69 Å². The summed E-state index contributed by atoms with van der Waals surface area (Å²) in [6, 6.07) is 5.49. The number of aromatic nitrogens is 1. The molecule has 0 saturated heterocycles. The topological polar surface area (TPSA) is 30.0 Å². The van der Waals surface area contributed by atoms with Crippen molar-refractivity contribution in [2.45, 2.75) is 18.7 Å². The summed E-state index contributed by atoms with van der Waals surface area (Å²) in [5.74, 6) is 0.0952. The van der Waals surface area contributed by atoms with E-state index in [-0.39, 0.29) is 5.78 Å². The van der Waals surface area contributed by atoms with Gasteiger partial charge in [-0.2, -0.15) is 0 Å².